The number of carbonyl (C=O) groups excluding carboxylic acids is 2. The highest BCUT2D eigenvalue weighted by Crippen LogP contribution is 2.18. The molecule has 0 saturated carbocycles. The lowest BCUT2D eigenvalue weighted by Crippen LogP contribution is -2.14. The topological polar surface area (TPSA) is 58.2 Å². The molecular formula is C17H17BrN2O2S. The van der Waals surface area contributed by atoms with E-state index in [1.54, 1.807) is 36.0 Å². The van der Waals surface area contributed by atoms with Crippen LogP contribution in [0.5, 0.6) is 0 Å². The average Bonchev–Trinajstić information content (AvgIpc) is 2.49. The SMILES string of the molecule is CC(=O)Nc1cccc(NC(=O)CSCc2ccc(Br)cc2)c1. The van der Waals surface area contributed by atoms with Crippen LogP contribution in [0.4, 0.5) is 11.4 Å². The molecule has 2 aromatic carbocycles. The van der Waals surface area contributed by atoms with Crippen LogP contribution in [0, 0.1) is 0 Å². The highest BCUT2D eigenvalue weighted by molar-refractivity contribution is 9.10. The summed E-state index contributed by atoms with van der Waals surface area (Å²) in [7, 11) is 0. The fourth-order valence-electron chi connectivity index (χ4n) is 1.92. The van der Waals surface area contributed by atoms with E-state index in [1.807, 2.05) is 24.3 Å². The molecule has 0 aromatic heterocycles. The van der Waals surface area contributed by atoms with Crippen molar-refractivity contribution in [1.29, 1.82) is 0 Å². The Kier molecular flexibility index (Phi) is 6.67. The van der Waals surface area contributed by atoms with Crippen molar-refractivity contribution in [1.82, 2.24) is 0 Å². The van der Waals surface area contributed by atoms with Crippen molar-refractivity contribution in [2.24, 2.45) is 0 Å². The lowest BCUT2D eigenvalue weighted by atomic mass is 10.2. The van der Waals surface area contributed by atoms with Crippen LogP contribution in [0.3, 0.4) is 0 Å². The Hall–Kier alpha value is -1.79. The van der Waals surface area contributed by atoms with Gasteiger partial charge in [0.1, 0.15) is 0 Å². The fourth-order valence-corrected chi connectivity index (χ4v) is 2.97. The first kappa shape index (κ1) is 17.6. The van der Waals surface area contributed by atoms with Gasteiger partial charge < -0.3 is 10.6 Å². The standard InChI is InChI=1S/C17H17BrN2O2S/c1-12(21)19-15-3-2-4-16(9-15)20-17(22)11-23-10-13-5-7-14(18)8-6-13/h2-9H,10-11H2,1H3,(H,19,21)(H,20,22). The zero-order valence-corrected chi connectivity index (χ0v) is 15.0. The second-order valence-electron chi connectivity index (χ2n) is 4.93. The number of anilines is 2. The van der Waals surface area contributed by atoms with Crippen LogP contribution in [0.2, 0.25) is 0 Å². The van der Waals surface area contributed by atoms with E-state index < -0.39 is 0 Å². The maximum Gasteiger partial charge on any atom is 0.234 e. The number of halogens is 1. The third-order valence-corrected chi connectivity index (χ3v) is 4.41. The Balaban J connectivity index is 1.80. The summed E-state index contributed by atoms with van der Waals surface area (Å²) < 4.78 is 1.04. The van der Waals surface area contributed by atoms with Crippen LogP contribution in [-0.2, 0) is 15.3 Å². The predicted molar refractivity (Wildman–Crippen MR) is 99.7 cm³/mol. The summed E-state index contributed by atoms with van der Waals surface area (Å²) in [5, 5.41) is 5.52. The molecule has 23 heavy (non-hydrogen) atoms. The molecule has 0 spiro atoms. The molecule has 0 aliphatic heterocycles. The second-order valence-corrected chi connectivity index (χ2v) is 6.83. The Morgan fingerprint density at radius 3 is 2.35 bits per heavy atom. The highest BCUT2D eigenvalue weighted by Gasteiger charge is 2.04. The largest absolute Gasteiger partial charge is 0.326 e. The summed E-state index contributed by atoms with van der Waals surface area (Å²) in [5.74, 6) is 0.957. The van der Waals surface area contributed by atoms with E-state index in [1.165, 1.54) is 12.5 Å². The molecule has 0 heterocycles. The Bertz CT molecular complexity index is 689. The minimum atomic E-state index is -0.140. The normalized spacial score (nSPS) is 10.2. The van der Waals surface area contributed by atoms with Crippen molar-refractivity contribution < 1.29 is 9.59 Å². The summed E-state index contributed by atoms with van der Waals surface area (Å²) in [6.45, 7) is 1.45. The molecule has 120 valence electrons. The molecule has 4 nitrogen and oxygen atoms in total. The molecule has 0 unspecified atom stereocenters. The molecule has 0 bridgehead atoms. The molecule has 0 aliphatic rings. The number of amides is 2. The minimum absolute atomic E-state index is 0.0629. The Morgan fingerprint density at radius 1 is 1.04 bits per heavy atom. The number of thioether (sulfide) groups is 1. The molecule has 2 rings (SSSR count). The van der Waals surface area contributed by atoms with Crippen LogP contribution >= 0.6 is 27.7 Å². The zero-order chi connectivity index (χ0) is 16.7. The molecule has 0 atom stereocenters. The second kappa shape index (κ2) is 8.74. The molecule has 6 heteroatoms. The van der Waals surface area contributed by atoms with Gasteiger partial charge in [-0.15, -0.1) is 11.8 Å². The molecule has 0 aliphatic carbocycles. The summed E-state index contributed by atoms with van der Waals surface area (Å²) in [6, 6.07) is 15.1. The Morgan fingerprint density at radius 2 is 1.70 bits per heavy atom. The molecule has 0 saturated heterocycles. The van der Waals surface area contributed by atoms with Gasteiger partial charge >= 0.3 is 0 Å². The summed E-state index contributed by atoms with van der Waals surface area (Å²) in [6.07, 6.45) is 0. The quantitative estimate of drug-likeness (QED) is 0.770. The molecule has 2 amide bonds. The van der Waals surface area contributed by atoms with Crippen LogP contribution in [0.15, 0.2) is 53.0 Å². The molecule has 2 aromatic rings. The van der Waals surface area contributed by atoms with Crippen molar-refractivity contribution in [3.8, 4) is 0 Å². The molecule has 0 fully saturated rings. The van der Waals surface area contributed by atoms with Crippen molar-refractivity contribution in [2.45, 2.75) is 12.7 Å². The lowest BCUT2D eigenvalue weighted by Gasteiger charge is -2.08. The Labute approximate surface area is 148 Å². The monoisotopic (exact) mass is 392 g/mol. The van der Waals surface area contributed by atoms with E-state index in [0.717, 1.165) is 10.2 Å². The predicted octanol–water partition coefficient (Wildman–Crippen LogP) is 4.28. The van der Waals surface area contributed by atoms with E-state index in [9.17, 15) is 9.59 Å². The van der Waals surface area contributed by atoms with Crippen molar-refractivity contribution in [3.05, 3.63) is 58.6 Å². The van der Waals surface area contributed by atoms with E-state index in [0.29, 0.717) is 17.1 Å². The number of hydrogen-bond acceptors (Lipinski definition) is 3. The minimum Gasteiger partial charge on any atom is -0.326 e. The van der Waals surface area contributed by atoms with Gasteiger partial charge in [-0.2, -0.15) is 0 Å². The van der Waals surface area contributed by atoms with Gasteiger partial charge in [-0.3, -0.25) is 9.59 Å². The van der Waals surface area contributed by atoms with E-state index in [2.05, 4.69) is 26.6 Å². The van der Waals surface area contributed by atoms with Crippen LogP contribution < -0.4 is 10.6 Å². The van der Waals surface area contributed by atoms with Gasteiger partial charge in [0, 0.05) is 28.5 Å². The van der Waals surface area contributed by atoms with Gasteiger partial charge in [0.05, 0.1) is 5.75 Å². The third-order valence-electron chi connectivity index (χ3n) is 2.88. The fraction of sp³-hybridized carbons (Fsp3) is 0.176. The maximum absolute atomic E-state index is 12.0. The van der Waals surface area contributed by atoms with Crippen LogP contribution in [0.25, 0.3) is 0 Å². The lowest BCUT2D eigenvalue weighted by molar-refractivity contribution is -0.114. The third kappa shape index (κ3) is 6.46. The first-order valence-corrected chi connectivity index (χ1v) is 8.97. The summed E-state index contributed by atoms with van der Waals surface area (Å²) >= 11 is 4.95. The van der Waals surface area contributed by atoms with Crippen LogP contribution in [-0.4, -0.2) is 17.6 Å². The van der Waals surface area contributed by atoms with Gasteiger partial charge in [-0.05, 0) is 35.9 Å². The molecule has 2 N–H and O–H groups in total. The van der Waals surface area contributed by atoms with E-state index in [-0.39, 0.29) is 11.8 Å². The highest BCUT2D eigenvalue weighted by atomic mass is 79.9. The number of rotatable bonds is 6. The van der Waals surface area contributed by atoms with Crippen molar-refractivity contribution in [2.75, 3.05) is 16.4 Å². The average molecular weight is 393 g/mol. The van der Waals surface area contributed by atoms with E-state index in [4.69, 9.17) is 0 Å². The van der Waals surface area contributed by atoms with Crippen molar-refractivity contribution in [3.63, 3.8) is 0 Å². The zero-order valence-electron chi connectivity index (χ0n) is 12.6. The maximum atomic E-state index is 12.0. The summed E-state index contributed by atoms with van der Waals surface area (Å²) in [5.41, 5.74) is 2.52. The van der Waals surface area contributed by atoms with Gasteiger partial charge in [0.15, 0.2) is 0 Å². The smallest absolute Gasteiger partial charge is 0.234 e. The van der Waals surface area contributed by atoms with Crippen LogP contribution in [0.1, 0.15) is 12.5 Å². The van der Waals surface area contributed by atoms with Gasteiger partial charge in [-0.25, -0.2) is 0 Å². The van der Waals surface area contributed by atoms with Gasteiger partial charge in [-0.1, -0.05) is 34.1 Å². The number of hydrogen-bond donors (Lipinski definition) is 2. The van der Waals surface area contributed by atoms with E-state index >= 15 is 0 Å². The number of carbonyl (C=O) groups is 2. The van der Waals surface area contributed by atoms with Gasteiger partial charge in [0.25, 0.3) is 0 Å². The number of benzene rings is 2. The number of nitrogens with one attached hydrogen (secondary N) is 2. The van der Waals surface area contributed by atoms with Gasteiger partial charge in [0.2, 0.25) is 11.8 Å². The summed E-state index contributed by atoms with van der Waals surface area (Å²) in [4.78, 5) is 23.0. The van der Waals surface area contributed by atoms with Crippen molar-refractivity contribution >= 4 is 50.9 Å². The molecular weight excluding hydrogens is 376 g/mol. The molecule has 0 radical (unpaired) electrons. The first-order valence-electron chi connectivity index (χ1n) is 7.02. The first-order chi connectivity index (χ1) is 11.0.